The van der Waals surface area contributed by atoms with E-state index < -0.39 is 0 Å². The number of unbranched alkanes of at least 4 members (excludes halogenated alkanes) is 1. The van der Waals surface area contributed by atoms with Crippen molar-refractivity contribution in [2.45, 2.75) is 50.0 Å². The van der Waals surface area contributed by atoms with Gasteiger partial charge in [-0.25, -0.2) is 4.98 Å². The third-order valence-corrected chi connectivity index (χ3v) is 6.91. The van der Waals surface area contributed by atoms with Gasteiger partial charge in [-0.1, -0.05) is 42.5 Å². The zero-order valence-corrected chi connectivity index (χ0v) is 18.0. The van der Waals surface area contributed by atoms with E-state index in [0.717, 1.165) is 25.7 Å². The molecular formula is C25H30N2O4. The molecule has 1 saturated carbocycles. The Kier molecular flexibility index (Phi) is 6.66. The molecule has 0 amide bonds. The van der Waals surface area contributed by atoms with E-state index in [9.17, 15) is 9.59 Å². The Morgan fingerprint density at radius 1 is 1.29 bits per heavy atom. The number of benzene rings is 1. The lowest BCUT2D eigenvalue weighted by Crippen LogP contribution is -2.40. The summed E-state index contributed by atoms with van der Waals surface area (Å²) in [7, 11) is 1.42. The van der Waals surface area contributed by atoms with Gasteiger partial charge in [0.1, 0.15) is 6.33 Å². The largest absolute Gasteiger partial charge is 0.469 e. The van der Waals surface area contributed by atoms with Crippen molar-refractivity contribution in [2.75, 3.05) is 13.7 Å². The molecular weight excluding hydrogens is 392 g/mol. The van der Waals surface area contributed by atoms with Crippen LogP contribution in [0.3, 0.4) is 0 Å². The topological polar surface area (TPSA) is 70.4 Å². The fourth-order valence-corrected chi connectivity index (χ4v) is 5.33. The molecule has 4 rings (SSSR count). The van der Waals surface area contributed by atoms with Gasteiger partial charge in [-0.15, -0.1) is 0 Å². The molecule has 0 unspecified atom stereocenters. The van der Waals surface area contributed by atoms with Crippen LogP contribution in [-0.4, -0.2) is 41.2 Å². The first kappa shape index (κ1) is 21.5. The van der Waals surface area contributed by atoms with Crippen LogP contribution in [0.2, 0.25) is 0 Å². The van der Waals surface area contributed by atoms with Crippen LogP contribution in [0.15, 0.2) is 61.2 Å². The molecule has 0 spiro atoms. The minimum atomic E-state index is -0.167. The number of imidazole rings is 1. The van der Waals surface area contributed by atoms with Gasteiger partial charge in [0.15, 0.2) is 0 Å². The molecule has 0 N–H and O–H groups in total. The minimum absolute atomic E-state index is 0.0534. The lowest BCUT2D eigenvalue weighted by molar-refractivity contribution is -0.140. The van der Waals surface area contributed by atoms with Crippen molar-refractivity contribution in [1.29, 1.82) is 0 Å². The Bertz CT molecular complexity index is 909. The second kappa shape index (κ2) is 9.60. The standard InChI is InChI=1S/C25H30N2O4/c1-30-24(29)12-8-3-2-7-11-21-20(15-23(28)27-14-13-26-18-27)22-16-25(21,17-31-22)19-9-5-4-6-10-19/h2,4-7,9-10,13-14,18,20-22H,3,8,11-12,15-17H2,1H3/b7-2-/t20-,21+,22+,25+/m1/s1. The summed E-state index contributed by atoms with van der Waals surface area (Å²) in [6, 6.07) is 10.6. The van der Waals surface area contributed by atoms with E-state index in [2.05, 4.69) is 41.4 Å². The van der Waals surface area contributed by atoms with Crippen LogP contribution in [0.1, 0.15) is 48.9 Å². The van der Waals surface area contributed by atoms with Crippen molar-refractivity contribution in [2.24, 2.45) is 11.8 Å². The summed E-state index contributed by atoms with van der Waals surface area (Å²) < 4.78 is 12.5. The highest BCUT2D eigenvalue weighted by molar-refractivity contribution is 5.79. The van der Waals surface area contributed by atoms with Gasteiger partial charge >= 0.3 is 5.97 Å². The predicted octanol–water partition coefficient (Wildman–Crippen LogP) is 4.18. The number of fused-ring (bicyclic) bond motifs is 2. The Morgan fingerprint density at radius 3 is 2.87 bits per heavy atom. The zero-order valence-electron chi connectivity index (χ0n) is 18.0. The van der Waals surface area contributed by atoms with Gasteiger partial charge in [0.25, 0.3) is 0 Å². The number of nitrogens with zero attached hydrogens (tertiary/aromatic N) is 2. The maximum atomic E-state index is 12.8. The molecule has 164 valence electrons. The molecule has 1 aromatic carbocycles. The highest BCUT2D eigenvalue weighted by Gasteiger charge is 2.59. The summed E-state index contributed by atoms with van der Waals surface area (Å²) in [6.07, 6.45) is 13.8. The van der Waals surface area contributed by atoms with Crippen LogP contribution in [0.4, 0.5) is 0 Å². The molecule has 2 bridgehead atoms. The Labute approximate surface area is 183 Å². The van der Waals surface area contributed by atoms with Crippen molar-refractivity contribution < 1.29 is 19.1 Å². The average molecular weight is 423 g/mol. The molecule has 31 heavy (non-hydrogen) atoms. The van der Waals surface area contributed by atoms with Gasteiger partial charge < -0.3 is 9.47 Å². The fourth-order valence-electron chi connectivity index (χ4n) is 5.33. The molecule has 1 aromatic heterocycles. The second-order valence-electron chi connectivity index (χ2n) is 8.59. The molecule has 1 saturated heterocycles. The van der Waals surface area contributed by atoms with E-state index in [4.69, 9.17) is 9.47 Å². The molecule has 1 aliphatic heterocycles. The molecule has 6 nitrogen and oxygen atoms in total. The van der Waals surface area contributed by atoms with Crippen LogP contribution in [0.25, 0.3) is 0 Å². The van der Waals surface area contributed by atoms with Crippen molar-refractivity contribution in [3.8, 4) is 0 Å². The normalized spacial score (nSPS) is 27.1. The minimum Gasteiger partial charge on any atom is -0.469 e. The molecule has 0 radical (unpaired) electrons. The first-order valence-electron chi connectivity index (χ1n) is 11.0. The molecule has 2 heterocycles. The van der Waals surface area contributed by atoms with Crippen LogP contribution in [0.5, 0.6) is 0 Å². The highest BCUT2D eigenvalue weighted by atomic mass is 16.5. The van der Waals surface area contributed by atoms with E-state index >= 15 is 0 Å². The first-order valence-corrected chi connectivity index (χ1v) is 11.0. The SMILES string of the molecule is COC(=O)CCC/C=C\C[C@H]1[C@@H](CC(=O)n2ccnc2)[C@@H]2C[C@@]1(c1ccccc1)CO2. The summed E-state index contributed by atoms with van der Waals surface area (Å²) >= 11 is 0. The van der Waals surface area contributed by atoms with Gasteiger partial charge in [0, 0.05) is 30.7 Å². The Morgan fingerprint density at radius 2 is 2.13 bits per heavy atom. The number of methoxy groups -OCH3 is 1. The van der Waals surface area contributed by atoms with Crippen molar-refractivity contribution in [3.05, 3.63) is 66.8 Å². The third-order valence-electron chi connectivity index (χ3n) is 6.91. The summed E-state index contributed by atoms with van der Waals surface area (Å²) in [5.41, 5.74) is 1.25. The monoisotopic (exact) mass is 422 g/mol. The number of carbonyl (C=O) groups is 2. The highest BCUT2D eigenvalue weighted by Crippen LogP contribution is 2.57. The van der Waals surface area contributed by atoms with Crippen LogP contribution in [-0.2, 0) is 19.7 Å². The third kappa shape index (κ3) is 4.49. The van der Waals surface area contributed by atoms with Gasteiger partial charge in [-0.05, 0) is 43.1 Å². The lowest BCUT2D eigenvalue weighted by Gasteiger charge is -2.39. The Balaban J connectivity index is 1.49. The number of allylic oxidation sites excluding steroid dienone is 2. The maximum absolute atomic E-state index is 12.8. The van der Waals surface area contributed by atoms with E-state index in [0.29, 0.717) is 25.4 Å². The van der Waals surface area contributed by atoms with E-state index in [-0.39, 0.29) is 29.3 Å². The molecule has 6 heteroatoms. The summed E-state index contributed by atoms with van der Waals surface area (Å²) in [5.74, 6) is 0.398. The lowest BCUT2D eigenvalue weighted by atomic mass is 9.68. The predicted molar refractivity (Wildman–Crippen MR) is 117 cm³/mol. The number of aromatic nitrogens is 2. The van der Waals surface area contributed by atoms with Gasteiger partial charge in [0.05, 0.1) is 19.8 Å². The zero-order chi connectivity index (χ0) is 21.7. The van der Waals surface area contributed by atoms with Gasteiger partial charge in [-0.3, -0.25) is 14.2 Å². The number of rotatable bonds is 9. The summed E-state index contributed by atoms with van der Waals surface area (Å²) in [5, 5.41) is 0. The quantitative estimate of drug-likeness (QED) is 0.344. The van der Waals surface area contributed by atoms with E-state index in [1.54, 1.807) is 23.3 Å². The smallest absolute Gasteiger partial charge is 0.305 e. The van der Waals surface area contributed by atoms with Crippen LogP contribution < -0.4 is 0 Å². The second-order valence-corrected chi connectivity index (χ2v) is 8.59. The maximum Gasteiger partial charge on any atom is 0.305 e. The van der Waals surface area contributed by atoms with Crippen molar-refractivity contribution in [1.82, 2.24) is 9.55 Å². The van der Waals surface area contributed by atoms with Gasteiger partial charge in [-0.2, -0.15) is 0 Å². The van der Waals surface area contributed by atoms with E-state index in [1.807, 2.05) is 6.07 Å². The molecule has 1 aliphatic carbocycles. The summed E-state index contributed by atoms with van der Waals surface area (Å²) in [4.78, 5) is 28.1. The first-order chi connectivity index (χ1) is 15.1. The van der Waals surface area contributed by atoms with E-state index in [1.165, 1.54) is 12.7 Å². The average Bonchev–Trinajstić information content (AvgIpc) is 3.54. The van der Waals surface area contributed by atoms with Crippen LogP contribution in [0, 0.1) is 11.8 Å². The molecule has 2 aliphatic rings. The summed E-state index contributed by atoms with van der Waals surface area (Å²) in [6.45, 7) is 0.707. The van der Waals surface area contributed by atoms with Crippen molar-refractivity contribution >= 4 is 11.9 Å². The Hall–Kier alpha value is -2.73. The van der Waals surface area contributed by atoms with Crippen LogP contribution >= 0.6 is 0 Å². The number of carbonyl (C=O) groups excluding carboxylic acids is 2. The molecule has 2 aromatic rings. The van der Waals surface area contributed by atoms with Crippen molar-refractivity contribution in [3.63, 3.8) is 0 Å². The fraction of sp³-hybridized carbons (Fsp3) is 0.480. The number of hydrogen-bond acceptors (Lipinski definition) is 5. The molecule has 2 fully saturated rings. The number of esters is 1. The van der Waals surface area contributed by atoms with Gasteiger partial charge in [0.2, 0.25) is 5.91 Å². The number of hydrogen-bond donors (Lipinski definition) is 0. The number of ether oxygens (including phenoxy) is 2. The molecule has 4 atom stereocenters.